The van der Waals surface area contributed by atoms with Crippen LogP contribution in [-0.2, 0) is 15.4 Å². The summed E-state index contributed by atoms with van der Waals surface area (Å²) < 4.78 is 24.8. The normalized spacial score (nSPS) is 13.1. The molecular formula is C18H32N4O2S. The lowest BCUT2D eigenvalue weighted by molar-refractivity contribution is 0.460. The van der Waals surface area contributed by atoms with Gasteiger partial charge in [0.1, 0.15) is 0 Å². The van der Waals surface area contributed by atoms with Gasteiger partial charge in [0.15, 0.2) is 5.96 Å². The summed E-state index contributed by atoms with van der Waals surface area (Å²) in [6.07, 6.45) is 0.721. The molecule has 0 aliphatic carbocycles. The summed E-state index contributed by atoms with van der Waals surface area (Å²) in [5.41, 5.74) is 1.25. The van der Waals surface area contributed by atoms with Gasteiger partial charge in [0.05, 0.1) is 5.75 Å². The molecule has 25 heavy (non-hydrogen) atoms. The number of hydrogen-bond acceptors (Lipinski definition) is 3. The van der Waals surface area contributed by atoms with Crippen molar-refractivity contribution in [1.29, 1.82) is 0 Å². The average molecular weight is 369 g/mol. The highest BCUT2D eigenvalue weighted by atomic mass is 32.2. The van der Waals surface area contributed by atoms with Gasteiger partial charge >= 0.3 is 0 Å². The van der Waals surface area contributed by atoms with Gasteiger partial charge in [0, 0.05) is 39.1 Å². The van der Waals surface area contributed by atoms with Crippen LogP contribution in [0.1, 0.15) is 32.8 Å². The van der Waals surface area contributed by atoms with Crippen molar-refractivity contribution < 1.29 is 8.42 Å². The molecule has 7 heteroatoms. The Hall–Kier alpha value is -1.60. The summed E-state index contributed by atoms with van der Waals surface area (Å²) in [6, 6.07) is 10.4. The summed E-state index contributed by atoms with van der Waals surface area (Å²) in [6.45, 7) is 7.94. The molecule has 1 aromatic carbocycles. The third-order valence-electron chi connectivity index (χ3n) is 4.26. The van der Waals surface area contributed by atoms with Crippen LogP contribution in [0.2, 0.25) is 0 Å². The molecule has 0 spiro atoms. The van der Waals surface area contributed by atoms with E-state index in [1.165, 1.54) is 9.87 Å². The van der Waals surface area contributed by atoms with Gasteiger partial charge in [0.25, 0.3) is 0 Å². The van der Waals surface area contributed by atoms with Crippen molar-refractivity contribution in [3.63, 3.8) is 0 Å². The van der Waals surface area contributed by atoms with Crippen LogP contribution in [0, 0.1) is 0 Å². The number of nitrogens with one attached hydrogen (secondary N) is 2. The molecule has 2 N–H and O–H groups in total. The van der Waals surface area contributed by atoms with E-state index in [2.05, 4.69) is 41.6 Å². The van der Waals surface area contributed by atoms with Crippen LogP contribution in [-0.4, -0.2) is 58.2 Å². The lowest BCUT2D eigenvalue weighted by atomic mass is 9.85. The van der Waals surface area contributed by atoms with Gasteiger partial charge in [-0.1, -0.05) is 44.2 Å². The Kier molecular flexibility index (Phi) is 8.38. The molecule has 0 saturated heterocycles. The van der Waals surface area contributed by atoms with Crippen LogP contribution >= 0.6 is 0 Å². The van der Waals surface area contributed by atoms with Crippen molar-refractivity contribution in [1.82, 2.24) is 14.9 Å². The number of sulfonamides is 1. The van der Waals surface area contributed by atoms with Gasteiger partial charge in [-0.2, -0.15) is 0 Å². The van der Waals surface area contributed by atoms with E-state index in [1.54, 1.807) is 21.0 Å². The smallest absolute Gasteiger partial charge is 0.213 e. The lowest BCUT2D eigenvalue weighted by Gasteiger charge is -2.26. The van der Waals surface area contributed by atoms with Crippen LogP contribution < -0.4 is 10.6 Å². The predicted molar refractivity (Wildman–Crippen MR) is 106 cm³/mol. The van der Waals surface area contributed by atoms with E-state index in [-0.39, 0.29) is 11.2 Å². The Bertz CT molecular complexity index is 642. The molecule has 0 unspecified atom stereocenters. The van der Waals surface area contributed by atoms with Gasteiger partial charge in [-0.15, -0.1) is 0 Å². The Morgan fingerprint density at radius 3 is 2.40 bits per heavy atom. The Balaban J connectivity index is 2.41. The third kappa shape index (κ3) is 7.04. The largest absolute Gasteiger partial charge is 0.356 e. The molecule has 0 aliphatic rings. The summed E-state index contributed by atoms with van der Waals surface area (Å²) in [5, 5.41) is 6.58. The number of rotatable bonds is 9. The molecule has 0 amide bonds. The van der Waals surface area contributed by atoms with E-state index >= 15 is 0 Å². The number of benzene rings is 1. The first-order valence-electron chi connectivity index (χ1n) is 8.67. The monoisotopic (exact) mass is 368 g/mol. The zero-order valence-electron chi connectivity index (χ0n) is 16.0. The molecule has 0 saturated carbocycles. The van der Waals surface area contributed by atoms with E-state index in [9.17, 15) is 8.42 Å². The van der Waals surface area contributed by atoms with Gasteiger partial charge in [-0.3, -0.25) is 4.99 Å². The zero-order chi connectivity index (χ0) is 18.9. The fourth-order valence-corrected chi connectivity index (χ4v) is 3.23. The Morgan fingerprint density at radius 2 is 1.84 bits per heavy atom. The van der Waals surface area contributed by atoms with Crippen LogP contribution in [0.3, 0.4) is 0 Å². The number of nitrogens with zero attached hydrogens (tertiary/aromatic N) is 2. The van der Waals surface area contributed by atoms with Gasteiger partial charge < -0.3 is 10.6 Å². The fraction of sp³-hybridized carbons (Fsp3) is 0.611. The maximum atomic E-state index is 11.7. The van der Waals surface area contributed by atoms with E-state index in [0.717, 1.165) is 18.9 Å². The fourth-order valence-electron chi connectivity index (χ4n) is 2.38. The van der Waals surface area contributed by atoms with Crippen molar-refractivity contribution in [2.45, 2.75) is 32.6 Å². The van der Waals surface area contributed by atoms with Crippen molar-refractivity contribution in [3.05, 3.63) is 35.9 Å². The average Bonchev–Trinajstić information content (AvgIpc) is 2.61. The van der Waals surface area contributed by atoms with Crippen molar-refractivity contribution in [2.75, 3.05) is 39.5 Å². The molecule has 0 aromatic heterocycles. The SMILES string of the molecule is CCS(=O)(=O)N(C)CCCNC(=NC)NCC(C)(C)c1ccccc1. The lowest BCUT2D eigenvalue weighted by Crippen LogP contribution is -2.44. The standard InChI is InChI=1S/C18H32N4O2S/c1-6-25(23,24)22(5)14-10-13-20-17(19-4)21-15-18(2,3)16-11-8-7-9-12-16/h7-9,11-12H,6,10,13-15H2,1-5H3,(H2,19,20,21). The Labute approximate surface area is 152 Å². The van der Waals surface area contributed by atoms with E-state index in [0.29, 0.717) is 13.1 Å². The number of hydrogen-bond donors (Lipinski definition) is 2. The second-order valence-electron chi connectivity index (χ2n) is 6.68. The summed E-state index contributed by atoms with van der Waals surface area (Å²) in [5.74, 6) is 0.861. The highest BCUT2D eigenvalue weighted by Gasteiger charge is 2.20. The van der Waals surface area contributed by atoms with Gasteiger partial charge in [-0.05, 0) is 18.9 Å². The molecule has 6 nitrogen and oxygen atoms in total. The first kappa shape index (κ1) is 21.4. The maximum absolute atomic E-state index is 11.7. The van der Waals surface area contributed by atoms with E-state index in [1.807, 2.05) is 18.2 Å². The van der Waals surface area contributed by atoms with Crippen LogP contribution in [0.25, 0.3) is 0 Å². The molecule has 142 valence electrons. The molecule has 1 aromatic rings. The molecule has 0 fully saturated rings. The second-order valence-corrected chi connectivity index (χ2v) is 9.04. The molecular weight excluding hydrogens is 336 g/mol. The summed E-state index contributed by atoms with van der Waals surface area (Å²) in [7, 11) is 0.249. The molecule has 0 radical (unpaired) electrons. The molecule has 0 heterocycles. The third-order valence-corrected chi connectivity index (χ3v) is 6.12. The first-order chi connectivity index (χ1) is 11.7. The second kappa shape index (κ2) is 9.77. The minimum atomic E-state index is -3.11. The zero-order valence-corrected chi connectivity index (χ0v) is 16.9. The van der Waals surface area contributed by atoms with Gasteiger partial charge in [-0.25, -0.2) is 12.7 Å². The molecule has 0 atom stereocenters. The maximum Gasteiger partial charge on any atom is 0.213 e. The minimum absolute atomic E-state index is 0.0195. The van der Waals surface area contributed by atoms with Gasteiger partial charge in [0.2, 0.25) is 10.0 Å². The van der Waals surface area contributed by atoms with Crippen LogP contribution in [0.4, 0.5) is 0 Å². The summed E-state index contributed by atoms with van der Waals surface area (Å²) >= 11 is 0. The highest BCUT2D eigenvalue weighted by Crippen LogP contribution is 2.21. The highest BCUT2D eigenvalue weighted by molar-refractivity contribution is 7.89. The van der Waals surface area contributed by atoms with Crippen molar-refractivity contribution in [3.8, 4) is 0 Å². The van der Waals surface area contributed by atoms with Crippen LogP contribution in [0.15, 0.2) is 35.3 Å². The van der Waals surface area contributed by atoms with Crippen molar-refractivity contribution in [2.24, 2.45) is 4.99 Å². The molecule has 0 aliphatic heterocycles. The molecule has 0 bridgehead atoms. The number of aliphatic imine (C=N–C) groups is 1. The first-order valence-corrected chi connectivity index (χ1v) is 10.3. The van der Waals surface area contributed by atoms with E-state index < -0.39 is 10.0 Å². The minimum Gasteiger partial charge on any atom is -0.356 e. The quantitative estimate of drug-likeness (QED) is 0.396. The summed E-state index contributed by atoms with van der Waals surface area (Å²) in [4.78, 5) is 4.23. The van der Waals surface area contributed by atoms with Crippen LogP contribution in [0.5, 0.6) is 0 Å². The topological polar surface area (TPSA) is 73.8 Å². The molecule has 1 rings (SSSR count). The van der Waals surface area contributed by atoms with Crippen molar-refractivity contribution >= 4 is 16.0 Å². The Morgan fingerprint density at radius 1 is 1.20 bits per heavy atom. The van der Waals surface area contributed by atoms with E-state index in [4.69, 9.17) is 0 Å². The number of guanidine groups is 1. The predicted octanol–water partition coefficient (Wildman–Crippen LogP) is 1.80.